The van der Waals surface area contributed by atoms with Crippen molar-refractivity contribution >= 4 is 22.4 Å². The summed E-state index contributed by atoms with van der Waals surface area (Å²) < 4.78 is 0. The number of benzene rings is 1. The summed E-state index contributed by atoms with van der Waals surface area (Å²) in [5.74, 6) is 0.213. The van der Waals surface area contributed by atoms with E-state index in [2.05, 4.69) is 4.98 Å². The molecule has 0 saturated heterocycles. The minimum Gasteiger partial charge on any atom is -0.355 e. The summed E-state index contributed by atoms with van der Waals surface area (Å²) in [6, 6.07) is 4.79. The first kappa shape index (κ1) is 10.0. The molecule has 1 saturated carbocycles. The molecular formula is C12H10N2O3. The molecule has 5 heteroatoms. The normalized spacial score (nSPS) is 15.1. The Hall–Kier alpha value is -2.17. The van der Waals surface area contributed by atoms with Crippen LogP contribution in [0.4, 0.5) is 5.69 Å². The Kier molecular flexibility index (Phi) is 2.01. The molecule has 1 aliphatic rings. The third kappa shape index (κ3) is 1.51. The second-order valence-electron chi connectivity index (χ2n) is 4.30. The topological polar surface area (TPSA) is 76.0 Å². The molecule has 17 heavy (non-hydrogen) atoms. The minimum absolute atomic E-state index is 0.0114. The van der Waals surface area contributed by atoms with Gasteiger partial charge in [0.1, 0.15) is 5.52 Å². The molecule has 1 N–H and O–H groups in total. The van der Waals surface area contributed by atoms with E-state index in [-0.39, 0.29) is 17.4 Å². The van der Waals surface area contributed by atoms with E-state index in [0.717, 1.165) is 12.8 Å². The number of ketones is 1. The van der Waals surface area contributed by atoms with Crippen LogP contribution in [0, 0.1) is 16.0 Å². The van der Waals surface area contributed by atoms with Gasteiger partial charge in [0.2, 0.25) is 0 Å². The second kappa shape index (κ2) is 3.41. The van der Waals surface area contributed by atoms with Gasteiger partial charge in [-0.05, 0) is 12.8 Å². The Balaban J connectivity index is 2.19. The molecule has 0 amide bonds. The number of carbonyl (C=O) groups is 1. The zero-order valence-corrected chi connectivity index (χ0v) is 8.97. The van der Waals surface area contributed by atoms with Gasteiger partial charge in [-0.25, -0.2) is 0 Å². The second-order valence-corrected chi connectivity index (χ2v) is 4.30. The third-order valence-electron chi connectivity index (χ3n) is 3.10. The van der Waals surface area contributed by atoms with Gasteiger partial charge in [0.05, 0.1) is 4.92 Å². The molecule has 0 radical (unpaired) electrons. The maximum atomic E-state index is 12.0. The Labute approximate surface area is 96.6 Å². The lowest BCUT2D eigenvalue weighted by atomic mass is 10.1. The number of aromatic nitrogens is 1. The fourth-order valence-corrected chi connectivity index (χ4v) is 2.06. The van der Waals surface area contributed by atoms with Crippen molar-refractivity contribution in [3.05, 3.63) is 40.1 Å². The van der Waals surface area contributed by atoms with Gasteiger partial charge in [-0.1, -0.05) is 12.1 Å². The zero-order valence-electron chi connectivity index (χ0n) is 8.97. The van der Waals surface area contributed by atoms with Gasteiger partial charge in [0.25, 0.3) is 5.69 Å². The van der Waals surface area contributed by atoms with Crippen molar-refractivity contribution in [2.45, 2.75) is 12.8 Å². The van der Waals surface area contributed by atoms with E-state index in [9.17, 15) is 14.9 Å². The number of para-hydroxylation sites is 1. The Bertz CT molecular complexity index is 626. The number of fused-ring (bicyclic) bond motifs is 1. The van der Waals surface area contributed by atoms with Crippen molar-refractivity contribution in [3.8, 4) is 0 Å². The van der Waals surface area contributed by atoms with Gasteiger partial charge in [0.15, 0.2) is 5.78 Å². The average molecular weight is 230 g/mol. The van der Waals surface area contributed by atoms with Gasteiger partial charge >= 0.3 is 0 Å². The van der Waals surface area contributed by atoms with Crippen molar-refractivity contribution < 1.29 is 9.72 Å². The van der Waals surface area contributed by atoms with Crippen LogP contribution in [-0.4, -0.2) is 15.7 Å². The van der Waals surface area contributed by atoms with E-state index in [0.29, 0.717) is 16.5 Å². The lowest BCUT2D eigenvalue weighted by Gasteiger charge is -1.96. The first-order valence-electron chi connectivity index (χ1n) is 5.47. The lowest BCUT2D eigenvalue weighted by molar-refractivity contribution is -0.383. The number of aromatic amines is 1. The molecule has 1 heterocycles. The molecule has 3 rings (SSSR count). The fourth-order valence-electron chi connectivity index (χ4n) is 2.06. The van der Waals surface area contributed by atoms with E-state index in [1.807, 2.05) is 0 Å². The highest BCUT2D eigenvalue weighted by atomic mass is 16.6. The number of hydrogen-bond acceptors (Lipinski definition) is 3. The van der Waals surface area contributed by atoms with E-state index >= 15 is 0 Å². The van der Waals surface area contributed by atoms with Crippen LogP contribution in [0.2, 0.25) is 0 Å². The molecule has 0 bridgehead atoms. The SMILES string of the molecule is O=C(c1c[nH]c2c([N+](=O)[O-])cccc12)C1CC1. The van der Waals surface area contributed by atoms with Crippen molar-refractivity contribution in [3.63, 3.8) is 0 Å². The number of nitrogens with one attached hydrogen (secondary N) is 1. The molecule has 1 fully saturated rings. The van der Waals surface area contributed by atoms with Crippen LogP contribution in [0.1, 0.15) is 23.2 Å². The van der Waals surface area contributed by atoms with E-state index < -0.39 is 4.92 Å². The summed E-state index contributed by atoms with van der Waals surface area (Å²) in [5.41, 5.74) is 1.02. The number of nitro benzene ring substituents is 1. The summed E-state index contributed by atoms with van der Waals surface area (Å²) >= 11 is 0. The van der Waals surface area contributed by atoms with Crippen molar-refractivity contribution in [2.24, 2.45) is 5.92 Å². The Morgan fingerprint density at radius 1 is 1.41 bits per heavy atom. The van der Waals surface area contributed by atoms with Gasteiger partial charge in [0, 0.05) is 29.1 Å². The third-order valence-corrected chi connectivity index (χ3v) is 3.10. The van der Waals surface area contributed by atoms with Crippen LogP contribution < -0.4 is 0 Å². The number of rotatable bonds is 3. The molecule has 86 valence electrons. The highest BCUT2D eigenvalue weighted by molar-refractivity contribution is 6.11. The number of H-pyrrole nitrogens is 1. The highest BCUT2D eigenvalue weighted by Crippen LogP contribution is 2.36. The Morgan fingerprint density at radius 2 is 2.18 bits per heavy atom. The molecular weight excluding hydrogens is 220 g/mol. The summed E-state index contributed by atoms with van der Waals surface area (Å²) in [5, 5.41) is 11.5. The van der Waals surface area contributed by atoms with Gasteiger partial charge in [-0.3, -0.25) is 14.9 Å². The molecule has 2 aromatic rings. The molecule has 0 aliphatic heterocycles. The number of nitrogens with zero attached hydrogens (tertiary/aromatic N) is 1. The molecule has 5 nitrogen and oxygen atoms in total. The van der Waals surface area contributed by atoms with Crippen molar-refractivity contribution in [2.75, 3.05) is 0 Å². The van der Waals surface area contributed by atoms with Crippen molar-refractivity contribution in [1.29, 1.82) is 0 Å². The van der Waals surface area contributed by atoms with Crippen LogP contribution in [0.3, 0.4) is 0 Å². The standard InChI is InChI=1S/C12H10N2O3/c15-12(7-4-5-7)9-6-13-11-8(9)2-1-3-10(11)14(16)17/h1-3,6-7,13H,4-5H2. The molecule has 0 spiro atoms. The predicted octanol–water partition coefficient (Wildman–Crippen LogP) is 2.67. The first-order chi connectivity index (χ1) is 8.18. The van der Waals surface area contributed by atoms with E-state index in [1.165, 1.54) is 6.07 Å². The predicted molar refractivity (Wildman–Crippen MR) is 62.0 cm³/mol. The largest absolute Gasteiger partial charge is 0.355 e. The quantitative estimate of drug-likeness (QED) is 0.500. The first-order valence-corrected chi connectivity index (χ1v) is 5.47. The van der Waals surface area contributed by atoms with Gasteiger partial charge < -0.3 is 4.98 Å². The number of hydrogen-bond donors (Lipinski definition) is 1. The lowest BCUT2D eigenvalue weighted by Crippen LogP contribution is -1.99. The number of Topliss-reactive ketones (excluding diaryl/α,β-unsaturated/α-hetero) is 1. The number of carbonyl (C=O) groups excluding carboxylic acids is 1. The highest BCUT2D eigenvalue weighted by Gasteiger charge is 2.32. The van der Waals surface area contributed by atoms with Crippen LogP contribution in [0.15, 0.2) is 24.4 Å². The molecule has 1 aliphatic carbocycles. The smallest absolute Gasteiger partial charge is 0.293 e. The molecule has 1 aromatic carbocycles. The molecule has 0 unspecified atom stereocenters. The number of nitro groups is 1. The monoisotopic (exact) mass is 230 g/mol. The van der Waals surface area contributed by atoms with Crippen molar-refractivity contribution in [1.82, 2.24) is 4.98 Å². The van der Waals surface area contributed by atoms with E-state index in [4.69, 9.17) is 0 Å². The summed E-state index contributed by atoms with van der Waals surface area (Å²) in [6.07, 6.45) is 3.44. The van der Waals surface area contributed by atoms with Crippen LogP contribution in [-0.2, 0) is 0 Å². The minimum atomic E-state index is -0.440. The average Bonchev–Trinajstić information content (AvgIpc) is 3.07. The van der Waals surface area contributed by atoms with Crippen LogP contribution in [0.25, 0.3) is 10.9 Å². The molecule has 1 aromatic heterocycles. The Morgan fingerprint density at radius 3 is 2.82 bits per heavy atom. The molecule has 0 atom stereocenters. The van der Waals surface area contributed by atoms with Crippen LogP contribution in [0.5, 0.6) is 0 Å². The maximum Gasteiger partial charge on any atom is 0.293 e. The summed E-state index contributed by atoms with van der Waals surface area (Å²) in [6.45, 7) is 0. The summed E-state index contributed by atoms with van der Waals surface area (Å²) in [7, 11) is 0. The fraction of sp³-hybridized carbons (Fsp3) is 0.250. The van der Waals surface area contributed by atoms with Crippen LogP contribution >= 0.6 is 0 Å². The zero-order chi connectivity index (χ0) is 12.0. The van der Waals surface area contributed by atoms with E-state index in [1.54, 1.807) is 18.3 Å². The van der Waals surface area contributed by atoms with Gasteiger partial charge in [-0.2, -0.15) is 0 Å². The maximum absolute atomic E-state index is 12.0. The number of non-ortho nitro benzene ring substituents is 1. The van der Waals surface area contributed by atoms with Gasteiger partial charge in [-0.15, -0.1) is 0 Å². The summed E-state index contributed by atoms with van der Waals surface area (Å²) in [4.78, 5) is 25.2.